The minimum Gasteiger partial charge on any atom is -0.457 e. The highest BCUT2D eigenvalue weighted by molar-refractivity contribution is 5.87. The zero-order valence-electron chi connectivity index (χ0n) is 20.9. The van der Waals surface area contributed by atoms with Crippen molar-refractivity contribution < 1.29 is 9.53 Å². The van der Waals surface area contributed by atoms with Gasteiger partial charge in [-0.2, -0.15) is 0 Å². The Kier molecular flexibility index (Phi) is 8.52. The van der Waals surface area contributed by atoms with Crippen LogP contribution < -0.4 is 21.1 Å². The van der Waals surface area contributed by atoms with Crippen molar-refractivity contribution in [2.45, 2.75) is 37.8 Å². The van der Waals surface area contributed by atoms with Gasteiger partial charge in [0.25, 0.3) is 0 Å². The van der Waals surface area contributed by atoms with Gasteiger partial charge < -0.3 is 26.0 Å². The van der Waals surface area contributed by atoms with Crippen molar-refractivity contribution in [3.63, 3.8) is 0 Å². The summed E-state index contributed by atoms with van der Waals surface area (Å²) in [7, 11) is 3.95. The maximum Gasteiger partial charge on any atom is 0.243 e. The van der Waals surface area contributed by atoms with Crippen molar-refractivity contribution in [1.82, 2.24) is 20.2 Å². The molecule has 36 heavy (non-hydrogen) atoms. The number of carbonyl (C=O) groups is 1. The van der Waals surface area contributed by atoms with Crippen LogP contribution in [0.4, 0.5) is 11.6 Å². The minimum atomic E-state index is -0.0488. The number of nitrogens with zero attached hydrogens (tertiary/aromatic N) is 3. The molecular formula is C28H34N6O2. The van der Waals surface area contributed by atoms with Crippen LogP contribution in [0, 0.1) is 0 Å². The molecule has 1 aliphatic rings. The van der Waals surface area contributed by atoms with Crippen molar-refractivity contribution in [1.29, 1.82) is 0 Å². The summed E-state index contributed by atoms with van der Waals surface area (Å²) in [5, 5.41) is 6.70. The van der Waals surface area contributed by atoms with Crippen LogP contribution in [-0.2, 0) is 4.79 Å². The number of nitrogen functional groups attached to an aromatic ring is 1. The molecule has 4 rings (SSSR count). The second-order valence-electron chi connectivity index (χ2n) is 9.30. The van der Waals surface area contributed by atoms with Gasteiger partial charge in [0.15, 0.2) is 0 Å². The molecule has 2 aromatic carbocycles. The van der Waals surface area contributed by atoms with Crippen LogP contribution in [0.3, 0.4) is 0 Å². The molecule has 2 unspecified atom stereocenters. The highest BCUT2D eigenvalue weighted by Gasteiger charge is 2.24. The van der Waals surface area contributed by atoms with Gasteiger partial charge in [0, 0.05) is 24.7 Å². The third kappa shape index (κ3) is 7.05. The largest absolute Gasteiger partial charge is 0.457 e. The zero-order valence-corrected chi connectivity index (χ0v) is 20.9. The first-order valence-electron chi connectivity index (χ1n) is 12.3. The molecule has 0 radical (unpaired) electrons. The van der Waals surface area contributed by atoms with Crippen LogP contribution in [0.1, 0.15) is 25.7 Å². The van der Waals surface area contributed by atoms with Crippen molar-refractivity contribution in [2.24, 2.45) is 0 Å². The average Bonchev–Trinajstić information content (AvgIpc) is 2.86. The van der Waals surface area contributed by atoms with Crippen molar-refractivity contribution in [3.8, 4) is 22.6 Å². The van der Waals surface area contributed by atoms with E-state index in [1.807, 2.05) is 79.7 Å². The molecule has 1 saturated carbocycles. The number of hydrogen-bond donors (Lipinski definition) is 3. The number of hydrogen-bond acceptors (Lipinski definition) is 7. The third-order valence-electron chi connectivity index (χ3n) is 6.10. The number of carbonyl (C=O) groups excluding carboxylic acids is 1. The number of likely N-dealkylation sites (N-methyl/N-ethyl adjacent to an activating group) is 1. The van der Waals surface area contributed by atoms with Crippen molar-refractivity contribution in [2.75, 3.05) is 31.7 Å². The Morgan fingerprint density at radius 2 is 1.78 bits per heavy atom. The monoisotopic (exact) mass is 486 g/mol. The number of ether oxygens (including phenoxy) is 1. The number of para-hydroxylation sites is 1. The molecule has 0 spiro atoms. The standard InChI is InChI=1S/C28H34N6O2/c1-34(2)17-7-12-25(35)32-21-8-6-9-22(18-21)33-28-26(27(29)30-19-31-28)20-13-15-24(16-14-20)36-23-10-4-3-5-11-23/h3-5,7,10-16,19,21-22H,6,8-9,17-18H2,1-2H3,(H,32,35)(H3,29,30,31,33). The lowest BCUT2D eigenvalue weighted by molar-refractivity contribution is -0.117. The number of amides is 1. The molecule has 0 aliphatic heterocycles. The smallest absolute Gasteiger partial charge is 0.243 e. The Labute approximate surface area is 212 Å². The lowest BCUT2D eigenvalue weighted by Gasteiger charge is -2.31. The predicted octanol–water partition coefficient (Wildman–Crippen LogP) is 4.48. The summed E-state index contributed by atoms with van der Waals surface area (Å²) in [4.78, 5) is 23.0. The van der Waals surface area contributed by atoms with Crippen LogP contribution in [0.25, 0.3) is 11.1 Å². The van der Waals surface area contributed by atoms with Gasteiger partial charge in [-0.3, -0.25) is 4.79 Å². The van der Waals surface area contributed by atoms with Gasteiger partial charge in [-0.25, -0.2) is 9.97 Å². The quantitative estimate of drug-likeness (QED) is 0.383. The maximum atomic E-state index is 12.3. The van der Waals surface area contributed by atoms with E-state index in [4.69, 9.17) is 10.5 Å². The Morgan fingerprint density at radius 1 is 1.06 bits per heavy atom. The van der Waals surface area contributed by atoms with Gasteiger partial charge in [-0.05, 0) is 69.6 Å². The highest BCUT2D eigenvalue weighted by atomic mass is 16.5. The molecule has 1 amide bonds. The Morgan fingerprint density at radius 3 is 2.53 bits per heavy atom. The molecule has 1 heterocycles. The van der Waals surface area contributed by atoms with E-state index in [1.54, 1.807) is 6.08 Å². The highest BCUT2D eigenvalue weighted by Crippen LogP contribution is 2.34. The number of nitrogens with two attached hydrogens (primary N) is 1. The number of benzene rings is 2. The van der Waals surface area contributed by atoms with E-state index in [-0.39, 0.29) is 18.0 Å². The Bertz CT molecular complexity index is 1160. The summed E-state index contributed by atoms with van der Waals surface area (Å²) in [5.41, 5.74) is 7.96. The van der Waals surface area contributed by atoms with Crippen LogP contribution in [0.15, 0.2) is 73.1 Å². The molecular weight excluding hydrogens is 452 g/mol. The fraction of sp³-hybridized carbons (Fsp3) is 0.321. The SMILES string of the molecule is CN(C)CC=CC(=O)NC1CCCC(Nc2ncnc(N)c2-c2ccc(Oc3ccccc3)cc2)C1. The van der Waals surface area contributed by atoms with Crippen molar-refractivity contribution >= 4 is 17.5 Å². The number of nitrogens with one attached hydrogen (secondary N) is 2. The summed E-state index contributed by atoms with van der Waals surface area (Å²) in [6.45, 7) is 0.736. The Balaban J connectivity index is 1.42. The summed E-state index contributed by atoms with van der Waals surface area (Å²) in [6.07, 6.45) is 8.77. The van der Waals surface area contributed by atoms with Crippen LogP contribution in [-0.4, -0.2) is 53.5 Å². The molecule has 3 aromatic rings. The van der Waals surface area contributed by atoms with Crippen LogP contribution in [0.2, 0.25) is 0 Å². The topological polar surface area (TPSA) is 105 Å². The van der Waals surface area contributed by atoms with Gasteiger partial charge in [0.2, 0.25) is 5.91 Å². The average molecular weight is 487 g/mol. The summed E-state index contributed by atoms with van der Waals surface area (Å²) >= 11 is 0. The molecule has 2 atom stereocenters. The molecule has 1 aliphatic carbocycles. The fourth-order valence-corrected chi connectivity index (χ4v) is 4.37. The maximum absolute atomic E-state index is 12.3. The molecule has 0 saturated heterocycles. The number of anilines is 2. The second-order valence-corrected chi connectivity index (χ2v) is 9.30. The Hall–Kier alpha value is -3.91. The van der Waals surface area contributed by atoms with Crippen LogP contribution >= 0.6 is 0 Å². The predicted molar refractivity (Wildman–Crippen MR) is 144 cm³/mol. The number of rotatable bonds is 9. The first-order chi connectivity index (χ1) is 17.5. The van der Waals surface area contributed by atoms with E-state index >= 15 is 0 Å². The van der Waals surface area contributed by atoms with E-state index < -0.39 is 0 Å². The van der Waals surface area contributed by atoms with Gasteiger partial charge in [-0.1, -0.05) is 36.4 Å². The molecule has 1 aromatic heterocycles. The number of aromatic nitrogens is 2. The first-order valence-corrected chi connectivity index (χ1v) is 12.3. The van der Waals surface area contributed by atoms with Gasteiger partial charge in [0.1, 0.15) is 29.5 Å². The minimum absolute atomic E-state index is 0.0488. The molecule has 188 valence electrons. The summed E-state index contributed by atoms with van der Waals surface area (Å²) < 4.78 is 5.91. The van der Waals surface area contributed by atoms with E-state index in [9.17, 15) is 4.79 Å². The van der Waals surface area contributed by atoms with E-state index in [1.165, 1.54) is 6.33 Å². The lowest BCUT2D eigenvalue weighted by atomic mass is 9.90. The van der Waals surface area contributed by atoms with E-state index in [2.05, 4.69) is 20.6 Å². The summed E-state index contributed by atoms with van der Waals surface area (Å²) in [6, 6.07) is 17.7. The molecule has 1 fully saturated rings. The summed E-state index contributed by atoms with van der Waals surface area (Å²) in [5.74, 6) is 2.58. The van der Waals surface area contributed by atoms with Gasteiger partial charge in [0.05, 0.1) is 5.56 Å². The second kappa shape index (κ2) is 12.2. The first kappa shape index (κ1) is 25.2. The molecule has 8 nitrogen and oxygen atoms in total. The van der Waals surface area contributed by atoms with Gasteiger partial charge >= 0.3 is 0 Å². The fourth-order valence-electron chi connectivity index (χ4n) is 4.37. The van der Waals surface area contributed by atoms with Crippen LogP contribution in [0.5, 0.6) is 11.5 Å². The zero-order chi connectivity index (χ0) is 25.3. The molecule has 0 bridgehead atoms. The molecule has 4 N–H and O–H groups in total. The molecule has 8 heteroatoms. The van der Waals surface area contributed by atoms with Gasteiger partial charge in [-0.15, -0.1) is 0 Å². The third-order valence-corrected chi connectivity index (χ3v) is 6.10. The van der Waals surface area contributed by atoms with E-state index in [0.29, 0.717) is 11.6 Å². The lowest BCUT2D eigenvalue weighted by Crippen LogP contribution is -2.41. The van der Waals surface area contributed by atoms with Crippen molar-refractivity contribution in [3.05, 3.63) is 73.1 Å². The van der Waals surface area contributed by atoms with E-state index in [0.717, 1.165) is 54.9 Å². The normalized spacial score (nSPS) is 17.8.